The van der Waals surface area contributed by atoms with Crippen molar-refractivity contribution in [2.24, 2.45) is 0 Å². The van der Waals surface area contributed by atoms with Crippen molar-refractivity contribution >= 4 is 33.2 Å². The van der Waals surface area contributed by atoms with Gasteiger partial charge < -0.3 is 16.4 Å². The number of nitrogens with one attached hydrogen (secondary N) is 2. The molecule has 0 saturated carbocycles. The van der Waals surface area contributed by atoms with E-state index in [1.807, 2.05) is 33.8 Å². The molecule has 4 nitrogen and oxygen atoms in total. The fraction of sp³-hybridized carbons (Fsp3) is 0.462. The quantitative estimate of drug-likeness (QED) is 0.752. The minimum atomic E-state index is -0.316. The Morgan fingerprint density at radius 2 is 2.00 bits per heavy atom. The standard InChI is InChI=1S/C13H20BrN3O/c1-8(12(18)17-13(2,3)4)16-11-6-5-9(15)7-10(11)14/h5-8,16H,15H2,1-4H3,(H,17,18). The highest BCUT2D eigenvalue weighted by Crippen LogP contribution is 2.25. The molecule has 0 aliphatic heterocycles. The van der Waals surface area contributed by atoms with Crippen LogP contribution in [0.2, 0.25) is 0 Å². The molecule has 1 rings (SSSR count). The lowest BCUT2D eigenvalue weighted by molar-refractivity contribution is -0.122. The normalized spacial score (nSPS) is 12.9. The van der Waals surface area contributed by atoms with E-state index in [0.717, 1.165) is 10.2 Å². The molecule has 1 aromatic rings. The molecule has 0 fully saturated rings. The highest BCUT2D eigenvalue weighted by molar-refractivity contribution is 9.10. The summed E-state index contributed by atoms with van der Waals surface area (Å²) >= 11 is 3.41. The molecule has 1 aromatic carbocycles. The number of nitrogen functional groups attached to an aromatic ring is 1. The van der Waals surface area contributed by atoms with Crippen molar-refractivity contribution in [3.8, 4) is 0 Å². The monoisotopic (exact) mass is 313 g/mol. The van der Waals surface area contributed by atoms with Crippen LogP contribution in [0.3, 0.4) is 0 Å². The van der Waals surface area contributed by atoms with E-state index >= 15 is 0 Å². The zero-order valence-electron chi connectivity index (χ0n) is 11.2. The van der Waals surface area contributed by atoms with Gasteiger partial charge in [0.2, 0.25) is 5.91 Å². The summed E-state index contributed by atoms with van der Waals surface area (Å²) in [4.78, 5) is 11.9. The number of halogens is 1. The van der Waals surface area contributed by atoms with Gasteiger partial charge >= 0.3 is 0 Å². The van der Waals surface area contributed by atoms with Crippen LogP contribution in [0.25, 0.3) is 0 Å². The Bertz CT molecular complexity index is 440. The van der Waals surface area contributed by atoms with Crippen LogP contribution < -0.4 is 16.4 Å². The predicted octanol–water partition coefficient (Wildman–Crippen LogP) is 2.75. The van der Waals surface area contributed by atoms with E-state index in [2.05, 4.69) is 26.6 Å². The minimum absolute atomic E-state index is 0.0359. The summed E-state index contributed by atoms with van der Waals surface area (Å²) in [7, 11) is 0. The molecular formula is C13H20BrN3O. The van der Waals surface area contributed by atoms with Gasteiger partial charge in [0.05, 0.1) is 0 Å². The SMILES string of the molecule is CC(Nc1ccc(N)cc1Br)C(=O)NC(C)(C)C. The molecule has 1 atom stereocenters. The summed E-state index contributed by atoms with van der Waals surface area (Å²) in [6.07, 6.45) is 0. The molecule has 0 heterocycles. The lowest BCUT2D eigenvalue weighted by atomic mass is 10.1. The average molecular weight is 314 g/mol. The number of anilines is 2. The summed E-state index contributed by atoms with van der Waals surface area (Å²) in [5.74, 6) is -0.0359. The number of amides is 1. The molecule has 0 spiro atoms. The molecule has 100 valence electrons. The molecule has 0 aliphatic rings. The number of benzene rings is 1. The highest BCUT2D eigenvalue weighted by atomic mass is 79.9. The third-order valence-electron chi connectivity index (χ3n) is 2.26. The predicted molar refractivity (Wildman–Crippen MR) is 79.5 cm³/mol. The zero-order valence-corrected chi connectivity index (χ0v) is 12.8. The topological polar surface area (TPSA) is 67.1 Å². The molecular weight excluding hydrogens is 294 g/mol. The van der Waals surface area contributed by atoms with Crippen molar-refractivity contribution < 1.29 is 4.79 Å². The first-order chi connectivity index (χ1) is 8.19. The van der Waals surface area contributed by atoms with Gasteiger partial charge in [0, 0.05) is 21.4 Å². The summed E-state index contributed by atoms with van der Waals surface area (Å²) in [5.41, 5.74) is 6.96. The minimum Gasteiger partial charge on any atom is -0.399 e. The first-order valence-corrected chi connectivity index (χ1v) is 6.62. The van der Waals surface area contributed by atoms with Crippen molar-refractivity contribution in [3.63, 3.8) is 0 Å². The van der Waals surface area contributed by atoms with Gasteiger partial charge in [-0.15, -0.1) is 0 Å². The second kappa shape index (κ2) is 5.61. The van der Waals surface area contributed by atoms with Crippen molar-refractivity contribution in [3.05, 3.63) is 22.7 Å². The Labute approximate surface area is 116 Å². The van der Waals surface area contributed by atoms with Crippen LogP contribution in [0.4, 0.5) is 11.4 Å². The molecule has 0 bridgehead atoms. The Morgan fingerprint density at radius 1 is 1.39 bits per heavy atom. The highest BCUT2D eigenvalue weighted by Gasteiger charge is 2.19. The van der Waals surface area contributed by atoms with Gasteiger partial charge in [0.1, 0.15) is 6.04 Å². The van der Waals surface area contributed by atoms with Gasteiger partial charge in [-0.1, -0.05) is 0 Å². The molecule has 0 aliphatic carbocycles. The lowest BCUT2D eigenvalue weighted by Gasteiger charge is -2.24. The Hall–Kier alpha value is -1.23. The molecule has 1 amide bonds. The smallest absolute Gasteiger partial charge is 0.242 e. The Morgan fingerprint density at radius 3 is 2.50 bits per heavy atom. The number of rotatable bonds is 3. The molecule has 5 heteroatoms. The molecule has 4 N–H and O–H groups in total. The summed E-state index contributed by atoms with van der Waals surface area (Å²) in [6, 6.07) is 5.13. The van der Waals surface area contributed by atoms with E-state index in [9.17, 15) is 4.79 Å². The van der Waals surface area contributed by atoms with Crippen LogP contribution in [0.1, 0.15) is 27.7 Å². The molecule has 0 saturated heterocycles. The lowest BCUT2D eigenvalue weighted by Crippen LogP contribution is -2.47. The number of nitrogens with two attached hydrogens (primary N) is 1. The van der Waals surface area contributed by atoms with Crippen molar-refractivity contribution in [1.82, 2.24) is 5.32 Å². The molecule has 18 heavy (non-hydrogen) atoms. The van der Waals surface area contributed by atoms with Gasteiger partial charge in [0.25, 0.3) is 0 Å². The maximum Gasteiger partial charge on any atom is 0.242 e. The number of carbonyl (C=O) groups excluding carboxylic acids is 1. The van der Waals surface area contributed by atoms with E-state index in [-0.39, 0.29) is 17.5 Å². The van der Waals surface area contributed by atoms with Gasteiger partial charge in [-0.25, -0.2) is 0 Å². The summed E-state index contributed by atoms with van der Waals surface area (Å²) in [5, 5.41) is 6.07. The number of carbonyl (C=O) groups is 1. The van der Waals surface area contributed by atoms with Crippen LogP contribution in [0.15, 0.2) is 22.7 Å². The third-order valence-corrected chi connectivity index (χ3v) is 2.91. The average Bonchev–Trinajstić information content (AvgIpc) is 2.19. The van der Waals surface area contributed by atoms with Crippen LogP contribution in [-0.2, 0) is 4.79 Å². The van der Waals surface area contributed by atoms with Crippen LogP contribution in [-0.4, -0.2) is 17.5 Å². The Kier molecular flexibility index (Phi) is 4.62. The van der Waals surface area contributed by atoms with Crippen molar-refractivity contribution in [1.29, 1.82) is 0 Å². The van der Waals surface area contributed by atoms with Crippen LogP contribution in [0, 0.1) is 0 Å². The number of hydrogen-bond acceptors (Lipinski definition) is 3. The van der Waals surface area contributed by atoms with E-state index in [0.29, 0.717) is 5.69 Å². The van der Waals surface area contributed by atoms with Gasteiger partial charge in [-0.3, -0.25) is 4.79 Å². The molecule has 0 radical (unpaired) electrons. The first kappa shape index (κ1) is 14.8. The van der Waals surface area contributed by atoms with E-state index < -0.39 is 0 Å². The van der Waals surface area contributed by atoms with Gasteiger partial charge in [0.15, 0.2) is 0 Å². The Balaban J connectivity index is 2.69. The summed E-state index contributed by atoms with van der Waals surface area (Å²) < 4.78 is 0.845. The van der Waals surface area contributed by atoms with Crippen molar-refractivity contribution in [2.75, 3.05) is 11.1 Å². The van der Waals surface area contributed by atoms with Crippen LogP contribution in [0.5, 0.6) is 0 Å². The third kappa shape index (κ3) is 4.56. The van der Waals surface area contributed by atoms with E-state index in [1.54, 1.807) is 12.1 Å². The van der Waals surface area contributed by atoms with Gasteiger partial charge in [-0.2, -0.15) is 0 Å². The second-order valence-corrected chi connectivity index (χ2v) is 6.20. The number of hydrogen-bond donors (Lipinski definition) is 3. The second-order valence-electron chi connectivity index (χ2n) is 5.34. The van der Waals surface area contributed by atoms with Gasteiger partial charge in [-0.05, 0) is 61.8 Å². The largest absolute Gasteiger partial charge is 0.399 e. The van der Waals surface area contributed by atoms with E-state index in [4.69, 9.17) is 5.73 Å². The fourth-order valence-electron chi connectivity index (χ4n) is 1.43. The van der Waals surface area contributed by atoms with Crippen molar-refractivity contribution in [2.45, 2.75) is 39.3 Å². The fourth-order valence-corrected chi connectivity index (χ4v) is 1.94. The first-order valence-electron chi connectivity index (χ1n) is 5.82. The maximum absolute atomic E-state index is 11.9. The summed E-state index contributed by atoms with van der Waals surface area (Å²) in [6.45, 7) is 7.69. The zero-order chi connectivity index (χ0) is 13.9. The molecule has 0 aromatic heterocycles. The van der Waals surface area contributed by atoms with Crippen LogP contribution >= 0.6 is 15.9 Å². The van der Waals surface area contributed by atoms with E-state index in [1.165, 1.54) is 0 Å². The maximum atomic E-state index is 11.9. The molecule has 1 unspecified atom stereocenters.